The zero-order chi connectivity index (χ0) is 14.3. The highest BCUT2D eigenvalue weighted by molar-refractivity contribution is 6.35. The van der Waals surface area contributed by atoms with Gasteiger partial charge in [-0.15, -0.1) is 0 Å². The van der Waals surface area contributed by atoms with Gasteiger partial charge in [-0.1, -0.05) is 40.9 Å². The van der Waals surface area contributed by atoms with Crippen LogP contribution in [0.15, 0.2) is 36.4 Å². The van der Waals surface area contributed by atoms with Crippen LogP contribution in [0.1, 0.15) is 35.3 Å². The van der Waals surface area contributed by atoms with Crippen molar-refractivity contribution in [3.8, 4) is 5.75 Å². The highest BCUT2D eigenvalue weighted by atomic mass is 35.5. The van der Waals surface area contributed by atoms with Crippen molar-refractivity contribution in [2.24, 2.45) is 0 Å². The van der Waals surface area contributed by atoms with Crippen LogP contribution in [0.5, 0.6) is 5.75 Å². The summed E-state index contributed by atoms with van der Waals surface area (Å²) in [5.41, 5.74) is 2.79. The van der Waals surface area contributed by atoms with Crippen LogP contribution in [0.3, 0.4) is 0 Å². The molecule has 2 unspecified atom stereocenters. The number of hydrogen-bond donors (Lipinski definition) is 1. The minimum Gasteiger partial charge on any atom is -0.485 e. The molecule has 2 atom stereocenters. The van der Waals surface area contributed by atoms with Gasteiger partial charge >= 0.3 is 0 Å². The molecule has 2 aromatic carbocycles. The lowest BCUT2D eigenvalue weighted by atomic mass is 9.94. The molecule has 104 valence electrons. The Morgan fingerprint density at radius 3 is 2.65 bits per heavy atom. The Kier molecular flexibility index (Phi) is 3.63. The summed E-state index contributed by atoms with van der Waals surface area (Å²) in [4.78, 5) is 0. The maximum atomic E-state index is 10.3. The van der Waals surface area contributed by atoms with Crippen LogP contribution in [0.4, 0.5) is 0 Å². The first-order valence-corrected chi connectivity index (χ1v) is 7.20. The molecule has 20 heavy (non-hydrogen) atoms. The maximum absolute atomic E-state index is 10.3. The first kappa shape index (κ1) is 13.7. The van der Waals surface area contributed by atoms with Crippen LogP contribution < -0.4 is 4.74 Å². The van der Waals surface area contributed by atoms with E-state index in [1.54, 1.807) is 12.1 Å². The van der Waals surface area contributed by atoms with Crippen molar-refractivity contribution in [1.82, 2.24) is 0 Å². The van der Waals surface area contributed by atoms with Gasteiger partial charge in [-0.25, -0.2) is 0 Å². The molecule has 0 bridgehead atoms. The van der Waals surface area contributed by atoms with Crippen LogP contribution in [-0.2, 0) is 0 Å². The summed E-state index contributed by atoms with van der Waals surface area (Å²) < 4.78 is 5.98. The average Bonchev–Trinajstić information content (AvgIpc) is 2.39. The molecule has 4 heteroatoms. The van der Waals surface area contributed by atoms with Gasteiger partial charge < -0.3 is 9.84 Å². The quantitative estimate of drug-likeness (QED) is 0.815. The summed E-state index contributed by atoms with van der Waals surface area (Å²) in [6.07, 6.45) is -0.321. The fourth-order valence-electron chi connectivity index (χ4n) is 2.52. The molecular formula is C16H14Cl2O2. The molecule has 0 fully saturated rings. The van der Waals surface area contributed by atoms with Crippen LogP contribution in [0.2, 0.25) is 10.0 Å². The van der Waals surface area contributed by atoms with Gasteiger partial charge in [0.25, 0.3) is 0 Å². The van der Waals surface area contributed by atoms with Crippen molar-refractivity contribution in [1.29, 1.82) is 0 Å². The molecule has 2 aromatic rings. The number of aliphatic hydroxyl groups is 1. The maximum Gasteiger partial charge on any atom is 0.128 e. The summed E-state index contributed by atoms with van der Waals surface area (Å²) in [7, 11) is 0. The predicted octanol–water partition coefficient (Wildman–Crippen LogP) is 4.86. The molecule has 0 radical (unpaired) electrons. The topological polar surface area (TPSA) is 29.5 Å². The molecule has 1 aliphatic heterocycles. The predicted molar refractivity (Wildman–Crippen MR) is 80.6 cm³/mol. The number of ether oxygens (including phenoxy) is 1. The van der Waals surface area contributed by atoms with Gasteiger partial charge in [-0.05, 0) is 31.2 Å². The van der Waals surface area contributed by atoms with Gasteiger partial charge in [0.05, 0.1) is 6.10 Å². The second kappa shape index (κ2) is 5.28. The molecule has 0 saturated carbocycles. The van der Waals surface area contributed by atoms with E-state index in [0.717, 1.165) is 16.7 Å². The average molecular weight is 309 g/mol. The molecule has 0 aromatic heterocycles. The van der Waals surface area contributed by atoms with Crippen LogP contribution in [-0.4, -0.2) is 5.11 Å². The zero-order valence-corrected chi connectivity index (χ0v) is 12.4. The van der Waals surface area contributed by atoms with Gasteiger partial charge in [0.2, 0.25) is 0 Å². The van der Waals surface area contributed by atoms with Crippen molar-refractivity contribution in [2.45, 2.75) is 25.6 Å². The van der Waals surface area contributed by atoms with E-state index in [1.807, 2.05) is 31.2 Å². The smallest absolute Gasteiger partial charge is 0.128 e. The standard InChI is InChI=1S/C16H14Cl2O2/c1-9-2-5-15-12(6-9)14(19)8-16(20-15)11-4-3-10(17)7-13(11)18/h2-7,14,16,19H,8H2,1H3. The highest BCUT2D eigenvalue weighted by Gasteiger charge is 2.29. The first-order valence-electron chi connectivity index (χ1n) is 6.45. The highest BCUT2D eigenvalue weighted by Crippen LogP contribution is 2.42. The second-order valence-electron chi connectivity index (χ2n) is 5.07. The Morgan fingerprint density at radius 2 is 1.90 bits per heavy atom. The molecule has 1 N–H and O–H groups in total. The van der Waals surface area contributed by atoms with Gasteiger partial charge in [-0.3, -0.25) is 0 Å². The summed E-state index contributed by atoms with van der Waals surface area (Å²) >= 11 is 12.1. The van der Waals surface area contributed by atoms with Gasteiger partial charge in [-0.2, -0.15) is 0 Å². The summed E-state index contributed by atoms with van der Waals surface area (Å²) in [5.74, 6) is 0.713. The zero-order valence-electron chi connectivity index (χ0n) is 10.9. The lowest BCUT2D eigenvalue weighted by Gasteiger charge is -2.30. The van der Waals surface area contributed by atoms with Gasteiger partial charge in [0.1, 0.15) is 11.9 Å². The lowest BCUT2D eigenvalue weighted by Crippen LogP contribution is -2.19. The summed E-state index contributed by atoms with van der Waals surface area (Å²) in [6.45, 7) is 2.00. The van der Waals surface area contributed by atoms with Crippen molar-refractivity contribution >= 4 is 23.2 Å². The van der Waals surface area contributed by atoms with E-state index in [9.17, 15) is 5.11 Å². The molecule has 0 amide bonds. The van der Waals surface area contributed by atoms with Crippen LogP contribution in [0, 0.1) is 6.92 Å². The van der Waals surface area contributed by atoms with Crippen molar-refractivity contribution in [3.05, 3.63) is 63.1 Å². The Bertz CT molecular complexity index is 655. The molecule has 0 saturated heterocycles. The molecule has 2 nitrogen and oxygen atoms in total. The van der Waals surface area contributed by atoms with E-state index in [0.29, 0.717) is 22.2 Å². The fraction of sp³-hybridized carbons (Fsp3) is 0.250. The van der Waals surface area contributed by atoms with Gasteiger partial charge in [0, 0.05) is 27.6 Å². The Labute approximate surface area is 127 Å². The normalized spacial score (nSPS) is 21.2. The third-order valence-corrected chi connectivity index (χ3v) is 4.10. The number of hydrogen-bond acceptors (Lipinski definition) is 2. The van der Waals surface area contributed by atoms with E-state index in [4.69, 9.17) is 27.9 Å². The number of aliphatic hydroxyl groups excluding tert-OH is 1. The number of halogens is 2. The van der Waals surface area contributed by atoms with E-state index >= 15 is 0 Å². The Morgan fingerprint density at radius 1 is 1.10 bits per heavy atom. The van der Waals surface area contributed by atoms with Gasteiger partial charge in [0.15, 0.2) is 0 Å². The molecule has 3 rings (SSSR count). The molecule has 0 spiro atoms. The Hall–Kier alpha value is -1.22. The third kappa shape index (κ3) is 2.51. The molecule has 0 aliphatic carbocycles. The molecular weight excluding hydrogens is 295 g/mol. The SMILES string of the molecule is Cc1ccc2c(c1)C(O)CC(c1ccc(Cl)cc1Cl)O2. The van der Waals surface area contributed by atoms with Crippen LogP contribution in [0.25, 0.3) is 0 Å². The van der Waals surface area contributed by atoms with Crippen LogP contribution >= 0.6 is 23.2 Å². The number of benzene rings is 2. The van der Waals surface area contributed by atoms with E-state index in [1.165, 1.54) is 0 Å². The Balaban J connectivity index is 1.97. The van der Waals surface area contributed by atoms with E-state index in [2.05, 4.69) is 0 Å². The second-order valence-corrected chi connectivity index (χ2v) is 5.91. The number of aryl methyl sites for hydroxylation is 1. The monoisotopic (exact) mass is 308 g/mol. The van der Waals surface area contributed by atoms with Crippen molar-refractivity contribution < 1.29 is 9.84 Å². The third-order valence-electron chi connectivity index (χ3n) is 3.54. The van der Waals surface area contributed by atoms with E-state index < -0.39 is 6.10 Å². The van der Waals surface area contributed by atoms with E-state index in [-0.39, 0.29) is 6.10 Å². The van der Waals surface area contributed by atoms with Crippen molar-refractivity contribution in [3.63, 3.8) is 0 Å². The summed E-state index contributed by atoms with van der Waals surface area (Å²) in [6, 6.07) is 11.1. The fourth-order valence-corrected chi connectivity index (χ4v) is 3.05. The number of rotatable bonds is 1. The first-order chi connectivity index (χ1) is 9.54. The lowest BCUT2D eigenvalue weighted by molar-refractivity contribution is 0.0657. The molecule has 1 aliphatic rings. The van der Waals surface area contributed by atoms with Crippen molar-refractivity contribution in [2.75, 3.05) is 0 Å². The number of fused-ring (bicyclic) bond motifs is 1. The minimum atomic E-state index is -0.546. The molecule has 1 heterocycles. The minimum absolute atomic E-state index is 0.259. The largest absolute Gasteiger partial charge is 0.485 e. The summed E-state index contributed by atoms with van der Waals surface area (Å²) in [5, 5.41) is 11.5.